The molecular weight excluding hydrogens is 410 g/mol. The largest absolute Gasteiger partial charge is 0.508 e. The summed E-state index contributed by atoms with van der Waals surface area (Å²) in [4.78, 5) is 16.9. The van der Waals surface area contributed by atoms with Crippen LogP contribution in [0.25, 0.3) is 33.6 Å². The second-order valence-electron chi connectivity index (χ2n) is 7.02. The van der Waals surface area contributed by atoms with Crippen molar-refractivity contribution in [2.75, 3.05) is 6.61 Å². The van der Waals surface area contributed by atoms with Crippen molar-refractivity contribution in [3.8, 4) is 34.1 Å². The molecule has 0 saturated heterocycles. The molecule has 0 amide bonds. The normalized spacial score (nSPS) is 11.0. The van der Waals surface area contributed by atoms with Gasteiger partial charge in [0.2, 0.25) is 11.8 Å². The van der Waals surface area contributed by atoms with Gasteiger partial charge in [0.05, 0.1) is 29.5 Å². The zero-order valence-corrected chi connectivity index (χ0v) is 16.8. The predicted octanol–water partition coefficient (Wildman–Crippen LogP) is 4.23. The van der Waals surface area contributed by atoms with Crippen LogP contribution in [0.1, 0.15) is 5.89 Å². The number of fused-ring (bicyclic) bond motifs is 1. The van der Waals surface area contributed by atoms with E-state index in [4.69, 9.17) is 13.6 Å². The molecule has 5 rings (SSSR count). The molecule has 0 bridgehead atoms. The minimum atomic E-state index is -0.155. The molecule has 5 aromatic rings. The third-order valence-corrected chi connectivity index (χ3v) is 4.88. The first-order valence-electron chi connectivity index (χ1n) is 9.88. The summed E-state index contributed by atoms with van der Waals surface area (Å²) in [7, 11) is 0. The first-order chi connectivity index (χ1) is 15.7. The zero-order chi connectivity index (χ0) is 21.9. The van der Waals surface area contributed by atoms with Gasteiger partial charge in [-0.3, -0.25) is 9.78 Å². The number of hydrogen-bond acceptors (Lipinski definition) is 8. The Balaban J connectivity index is 1.28. The maximum absolute atomic E-state index is 12.8. The average Bonchev–Trinajstić information content (AvgIpc) is 3.30. The van der Waals surface area contributed by atoms with Gasteiger partial charge in [0.25, 0.3) is 0 Å². The lowest BCUT2D eigenvalue weighted by molar-refractivity contribution is 0.307. The van der Waals surface area contributed by atoms with Crippen LogP contribution in [0, 0.1) is 0 Å². The van der Waals surface area contributed by atoms with E-state index in [9.17, 15) is 9.90 Å². The molecule has 0 aliphatic heterocycles. The zero-order valence-electron chi connectivity index (χ0n) is 16.8. The highest BCUT2D eigenvalue weighted by Crippen LogP contribution is 2.24. The third-order valence-electron chi connectivity index (χ3n) is 4.88. The second kappa shape index (κ2) is 8.35. The average molecular weight is 427 g/mol. The van der Waals surface area contributed by atoms with E-state index < -0.39 is 0 Å². The van der Waals surface area contributed by atoms with E-state index >= 15 is 0 Å². The van der Waals surface area contributed by atoms with Gasteiger partial charge in [-0.1, -0.05) is 12.1 Å². The third kappa shape index (κ3) is 3.93. The van der Waals surface area contributed by atoms with Gasteiger partial charge < -0.3 is 18.7 Å². The minimum absolute atomic E-state index is 0.134. The summed E-state index contributed by atoms with van der Waals surface area (Å²) in [6.45, 7) is 0.315. The molecule has 0 spiro atoms. The highest BCUT2D eigenvalue weighted by Gasteiger charge is 2.11. The number of aromatic nitrogens is 3. The summed E-state index contributed by atoms with van der Waals surface area (Å²) in [5.74, 6) is 1.55. The fraction of sp³-hybridized carbons (Fsp3) is 0.0833. The van der Waals surface area contributed by atoms with Crippen LogP contribution in [0.5, 0.6) is 11.5 Å². The summed E-state index contributed by atoms with van der Waals surface area (Å²) in [6, 6.07) is 15.1. The van der Waals surface area contributed by atoms with E-state index in [1.54, 1.807) is 48.8 Å². The molecule has 3 aromatic heterocycles. The molecule has 0 fully saturated rings. The van der Waals surface area contributed by atoms with Crippen LogP contribution in [0.4, 0.5) is 0 Å². The van der Waals surface area contributed by atoms with Crippen molar-refractivity contribution in [2.24, 2.45) is 0 Å². The number of nitrogens with zero attached hydrogens (tertiary/aromatic N) is 3. The molecule has 2 aromatic carbocycles. The summed E-state index contributed by atoms with van der Waals surface area (Å²) >= 11 is 0. The van der Waals surface area contributed by atoms with Crippen molar-refractivity contribution in [1.82, 2.24) is 15.2 Å². The molecular formula is C24H17N3O5. The van der Waals surface area contributed by atoms with Gasteiger partial charge in [-0.25, -0.2) is 0 Å². The predicted molar refractivity (Wildman–Crippen MR) is 116 cm³/mol. The maximum atomic E-state index is 12.8. The Morgan fingerprint density at radius 3 is 2.69 bits per heavy atom. The summed E-state index contributed by atoms with van der Waals surface area (Å²) in [5, 5.41) is 17.9. The molecule has 0 aliphatic rings. The van der Waals surface area contributed by atoms with Crippen molar-refractivity contribution < 1.29 is 18.7 Å². The molecule has 3 heterocycles. The van der Waals surface area contributed by atoms with Crippen LogP contribution in [-0.2, 0) is 6.42 Å². The SMILES string of the molecule is O=c1c(-c2ccc(O)cc2)coc2cc(OCCc3nnc(-c4cccnc4)o3)ccc12. The molecule has 8 heteroatoms. The maximum Gasteiger partial charge on any atom is 0.249 e. The highest BCUT2D eigenvalue weighted by atomic mass is 16.5. The summed E-state index contributed by atoms with van der Waals surface area (Å²) in [6.07, 6.45) is 5.17. The number of benzene rings is 2. The van der Waals surface area contributed by atoms with Crippen molar-refractivity contribution >= 4 is 11.0 Å². The molecule has 32 heavy (non-hydrogen) atoms. The van der Waals surface area contributed by atoms with Gasteiger partial charge in [-0.15, -0.1) is 10.2 Å². The summed E-state index contributed by atoms with van der Waals surface area (Å²) < 4.78 is 17.1. The molecule has 158 valence electrons. The van der Waals surface area contributed by atoms with Crippen LogP contribution < -0.4 is 10.2 Å². The minimum Gasteiger partial charge on any atom is -0.508 e. The highest BCUT2D eigenvalue weighted by molar-refractivity contribution is 5.82. The molecule has 0 atom stereocenters. The Labute approximate surface area is 181 Å². The Morgan fingerprint density at radius 2 is 1.88 bits per heavy atom. The van der Waals surface area contributed by atoms with Crippen LogP contribution in [0.15, 0.2) is 86.9 Å². The fourth-order valence-corrected chi connectivity index (χ4v) is 3.26. The molecule has 0 saturated carbocycles. The number of hydrogen-bond donors (Lipinski definition) is 1. The number of ether oxygens (including phenoxy) is 1. The van der Waals surface area contributed by atoms with Gasteiger partial charge >= 0.3 is 0 Å². The number of phenols is 1. The number of pyridine rings is 1. The van der Waals surface area contributed by atoms with Gasteiger partial charge in [-0.2, -0.15) is 0 Å². The monoisotopic (exact) mass is 427 g/mol. The van der Waals surface area contributed by atoms with E-state index in [0.29, 0.717) is 52.7 Å². The van der Waals surface area contributed by atoms with Crippen molar-refractivity contribution in [1.29, 1.82) is 0 Å². The van der Waals surface area contributed by atoms with E-state index in [-0.39, 0.29) is 11.2 Å². The molecule has 1 N–H and O–H groups in total. The smallest absolute Gasteiger partial charge is 0.249 e. The quantitative estimate of drug-likeness (QED) is 0.428. The lowest BCUT2D eigenvalue weighted by atomic mass is 10.1. The van der Waals surface area contributed by atoms with E-state index in [2.05, 4.69) is 15.2 Å². The summed E-state index contributed by atoms with van der Waals surface area (Å²) in [5.41, 5.74) is 2.11. The van der Waals surface area contributed by atoms with Gasteiger partial charge in [-0.05, 0) is 42.0 Å². The number of aromatic hydroxyl groups is 1. The van der Waals surface area contributed by atoms with Gasteiger partial charge in [0.15, 0.2) is 5.43 Å². The van der Waals surface area contributed by atoms with Crippen molar-refractivity contribution in [3.63, 3.8) is 0 Å². The van der Waals surface area contributed by atoms with E-state index in [1.165, 1.54) is 18.4 Å². The van der Waals surface area contributed by atoms with Crippen LogP contribution in [-0.4, -0.2) is 26.9 Å². The Hall–Kier alpha value is -4.46. The molecule has 8 nitrogen and oxygen atoms in total. The van der Waals surface area contributed by atoms with Gasteiger partial charge in [0, 0.05) is 18.5 Å². The second-order valence-corrected chi connectivity index (χ2v) is 7.02. The Morgan fingerprint density at radius 1 is 1.00 bits per heavy atom. The van der Waals surface area contributed by atoms with Crippen LogP contribution in [0.3, 0.4) is 0 Å². The number of rotatable bonds is 6. The molecule has 0 unspecified atom stereocenters. The van der Waals surface area contributed by atoms with Crippen LogP contribution >= 0.6 is 0 Å². The van der Waals surface area contributed by atoms with Crippen molar-refractivity contribution in [3.05, 3.63) is 89.4 Å². The fourth-order valence-electron chi connectivity index (χ4n) is 3.26. The van der Waals surface area contributed by atoms with E-state index in [1.807, 2.05) is 6.07 Å². The number of phenolic OH excluding ortho intramolecular Hbond substituents is 1. The Bertz CT molecular complexity index is 1430. The lowest BCUT2D eigenvalue weighted by Crippen LogP contribution is -2.05. The van der Waals surface area contributed by atoms with Crippen LogP contribution in [0.2, 0.25) is 0 Å². The van der Waals surface area contributed by atoms with E-state index in [0.717, 1.165) is 5.56 Å². The van der Waals surface area contributed by atoms with Gasteiger partial charge in [0.1, 0.15) is 23.3 Å². The molecule has 0 radical (unpaired) electrons. The first kappa shape index (κ1) is 19.5. The topological polar surface area (TPSA) is 111 Å². The standard InChI is InChI=1S/C24H17N3O5/c28-17-5-3-15(4-6-17)20-14-31-21-12-18(7-8-19(21)23(20)29)30-11-9-22-26-27-24(32-22)16-2-1-10-25-13-16/h1-8,10,12-14,28H,9,11H2. The first-order valence-corrected chi connectivity index (χ1v) is 9.88. The molecule has 0 aliphatic carbocycles. The lowest BCUT2D eigenvalue weighted by Gasteiger charge is -2.07. The van der Waals surface area contributed by atoms with Crippen molar-refractivity contribution in [2.45, 2.75) is 6.42 Å². The Kier molecular flexibility index (Phi) is 5.09.